The number of rotatable bonds is 7. The second-order valence-corrected chi connectivity index (χ2v) is 6.17. The molecule has 0 saturated carbocycles. The maximum atomic E-state index is 12.7. The van der Waals surface area contributed by atoms with Crippen LogP contribution in [0.25, 0.3) is 0 Å². The maximum absolute atomic E-state index is 12.7. The van der Waals surface area contributed by atoms with Gasteiger partial charge in [-0.05, 0) is 12.8 Å². The molecule has 2 bridgehead atoms. The topological polar surface area (TPSA) is 65.1 Å². The van der Waals surface area contributed by atoms with Crippen molar-refractivity contribution in [2.75, 3.05) is 33.4 Å². The molecular weight excluding hydrogens is 286 g/mol. The van der Waals surface area contributed by atoms with Crippen molar-refractivity contribution in [1.29, 1.82) is 0 Å². The van der Waals surface area contributed by atoms with Gasteiger partial charge in [-0.15, -0.1) is 0 Å². The number of esters is 1. The lowest BCUT2D eigenvalue weighted by molar-refractivity contribution is -0.153. The third kappa shape index (κ3) is 2.34. The van der Waals surface area contributed by atoms with Gasteiger partial charge in [0.05, 0.1) is 25.2 Å². The maximum Gasteiger partial charge on any atom is 0.312 e. The second-order valence-electron chi connectivity index (χ2n) is 6.17. The Morgan fingerprint density at radius 1 is 1.50 bits per heavy atom. The summed E-state index contributed by atoms with van der Waals surface area (Å²) in [6.45, 7) is 4.10. The number of carbonyl (C=O) groups is 2. The van der Waals surface area contributed by atoms with Gasteiger partial charge in [0.25, 0.3) is 0 Å². The minimum absolute atomic E-state index is 0.00130. The molecule has 6 nitrogen and oxygen atoms in total. The average Bonchev–Trinajstić information content (AvgIpc) is 3.14. The molecule has 2 saturated heterocycles. The van der Waals surface area contributed by atoms with Crippen LogP contribution in [0.5, 0.6) is 0 Å². The number of methoxy groups -OCH3 is 1. The van der Waals surface area contributed by atoms with Crippen molar-refractivity contribution in [3.63, 3.8) is 0 Å². The van der Waals surface area contributed by atoms with Gasteiger partial charge in [0.1, 0.15) is 11.5 Å². The van der Waals surface area contributed by atoms with Crippen LogP contribution in [0, 0.1) is 11.8 Å². The fourth-order valence-corrected chi connectivity index (χ4v) is 3.74. The number of hydrogen-bond donors (Lipinski definition) is 0. The second kappa shape index (κ2) is 6.01. The highest BCUT2D eigenvalue weighted by molar-refractivity contribution is 5.91. The standard InChI is InChI=1S/C16H23NO5/c1-3-8-21-15(19)12-11-5-6-16(22-11)10-17(7-4-9-20-2)14(18)13(12)16/h5-6,11-13H,3-4,7-10H2,1-2H3/t11-,12-,13-,16+/m0/s1. The van der Waals surface area contributed by atoms with Crippen LogP contribution >= 0.6 is 0 Å². The van der Waals surface area contributed by atoms with Crippen LogP contribution in [0.3, 0.4) is 0 Å². The molecule has 122 valence electrons. The van der Waals surface area contributed by atoms with Crippen molar-refractivity contribution in [3.05, 3.63) is 12.2 Å². The first-order valence-electron chi connectivity index (χ1n) is 7.94. The number of likely N-dealkylation sites (tertiary alicyclic amines) is 1. The Morgan fingerprint density at radius 3 is 3.05 bits per heavy atom. The number of carbonyl (C=O) groups excluding carboxylic acids is 2. The highest BCUT2D eigenvalue weighted by Crippen LogP contribution is 2.52. The van der Waals surface area contributed by atoms with E-state index >= 15 is 0 Å². The summed E-state index contributed by atoms with van der Waals surface area (Å²) < 4.78 is 16.3. The lowest BCUT2D eigenvalue weighted by atomic mass is 9.77. The summed E-state index contributed by atoms with van der Waals surface area (Å²) in [6, 6.07) is 0. The Morgan fingerprint density at radius 2 is 2.32 bits per heavy atom. The summed E-state index contributed by atoms with van der Waals surface area (Å²) in [4.78, 5) is 26.8. The van der Waals surface area contributed by atoms with Gasteiger partial charge in [-0.2, -0.15) is 0 Å². The molecule has 4 atom stereocenters. The van der Waals surface area contributed by atoms with Gasteiger partial charge >= 0.3 is 5.97 Å². The first kappa shape index (κ1) is 15.5. The molecule has 1 amide bonds. The number of nitrogens with zero attached hydrogens (tertiary/aromatic N) is 1. The molecule has 3 rings (SSSR count). The van der Waals surface area contributed by atoms with Crippen LogP contribution in [0.2, 0.25) is 0 Å². The van der Waals surface area contributed by atoms with Crippen molar-refractivity contribution in [3.8, 4) is 0 Å². The van der Waals surface area contributed by atoms with Gasteiger partial charge in [-0.1, -0.05) is 19.1 Å². The van der Waals surface area contributed by atoms with Crippen molar-refractivity contribution in [2.45, 2.75) is 31.5 Å². The number of amides is 1. The van der Waals surface area contributed by atoms with Gasteiger partial charge in [0.2, 0.25) is 5.91 Å². The van der Waals surface area contributed by atoms with E-state index in [1.165, 1.54) is 0 Å². The molecule has 0 aromatic heterocycles. The molecule has 0 aromatic carbocycles. The first-order chi connectivity index (χ1) is 10.6. The van der Waals surface area contributed by atoms with E-state index in [0.29, 0.717) is 26.3 Å². The number of ether oxygens (including phenoxy) is 3. The van der Waals surface area contributed by atoms with Crippen LogP contribution in [0.1, 0.15) is 19.8 Å². The zero-order valence-electron chi connectivity index (χ0n) is 13.1. The van der Waals surface area contributed by atoms with Gasteiger partial charge < -0.3 is 19.1 Å². The summed E-state index contributed by atoms with van der Waals surface area (Å²) in [6.07, 6.45) is 5.09. The van der Waals surface area contributed by atoms with Gasteiger partial charge in [-0.3, -0.25) is 9.59 Å². The molecular formula is C16H23NO5. The van der Waals surface area contributed by atoms with Gasteiger partial charge in [0, 0.05) is 20.3 Å². The largest absolute Gasteiger partial charge is 0.465 e. The van der Waals surface area contributed by atoms with Crippen LogP contribution in [-0.2, 0) is 23.8 Å². The molecule has 0 aliphatic carbocycles. The van der Waals surface area contributed by atoms with E-state index in [9.17, 15) is 9.59 Å². The molecule has 2 fully saturated rings. The highest BCUT2D eigenvalue weighted by atomic mass is 16.6. The Balaban J connectivity index is 1.73. The molecule has 0 unspecified atom stereocenters. The smallest absolute Gasteiger partial charge is 0.312 e. The lowest BCUT2D eigenvalue weighted by Crippen LogP contribution is -2.40. The van der Waals surface area contributed by atoms with E-state index in [-0.39, 0.29) is 18.0 Å². The molecule has 0 N–H and O–H groups in total. The third-order valence-electron chi connectivity index (χ3n) is 4.68. The van der Waals surface area contributed by atoms with Crippen LogP contribution in [0.4, 0.5) is 0 Å². The van der Waals surface area contributed by atoms with Crippen molar-refractivity contribution >= 4 is 11.9 Å². The van der Waals surface area contributed by atoms with Gasteiger partial charge in [-0.25, -0.2) is 0 Å². The number of hydrogen-bond acceptors (Lipinski definition) is 5. The third-order valence-corrected chi connectivity index (χ3v) is 4.68. The number of fused-ring (bicyclic) bond motifs is 1. The van der Waals surface area contributed by atoms with Crippen LogP contribution < -0.4 is 0 Å². The predicted octanol–water partition coefficient (Wildman–Crippen LogP) is 0.758. The normalized spacial score (nSPS) is 35.3. The molecule has 0 aromatic rings. The fraction of sp³-hybridized carbons (Fsp3) is 0.750. The molecule has 22 heavy (non-hydrogen) atoms. The Labute approximate surface area is 130 Å². The van der Waals surface area contributed by atoms with Gasteiger partial charge in [0.15, 0.2) is 0 Å². The Kier molecular flexibility index (Phi) is 4.23. The summed E-state index contributed by atoms with van der Waals surface area (Å²) in [7, 11) is 1.65. The minimum Gasteiger partial charge on any atom is -0.465 e. The van der Waals surface area contributed by atoms with Crippen molar-refractivity contribution < 1.29 is 23.8 Å². The Bertz CT molecular complexity index is 491. The summed E-state index contributed by atoms with van der Waals surface area (Å²) >= 11 is 0. The van der Waals surface area contributed by atoms with E-state index in [1.54, 1.807) is 12.0 Å². The molecule has 1 spiro atoms. The molecule has 3 aliphatic rings. The first-order valence-corrected chi connectivity index (χ1v) is 7.94. The van der Waals surface area contributed by atoms with E-state index < -0.39 is 17.4 Å². The predicted molar refractivity (Wildman–Crippen MR) is 78.0 cm³/mol. The van der Waals surface area contributed by atoms with Crippen molar-refractivity contribution in [2.24, 2.45) is 11.8 Å². The summed E-state index contributed by atoms with van der Waals surface area (Å²) in [5.74, 6) is -1.25. The lowest BCUT2D eigenvalue weighted by Gasteiger charge is -2.22. The van der Waals surface area contributed by atoms with Crippen LogP contribution in [-0.4, -0.2) is 61.9 Å². The SMILES string of the molecule is CCCOC(=O)[C@H]1[C@@H]2C=C[C@]3(CN(CCCOC)C(=O)[C@H]13)O2. The average molecular weight is 309 g/mol. The highest BCUT2D eigenvalue weighted by Gasteiger charge is 2.67. The monoisotopic (exact) mass is 309 g/mol. The molecule has 3 aliphatic heterocycles. The zero-order valence-corrected chi connectivity index (χ0v) is 13.1. The van der Waals surface area contributed by atoms with E-state index in [1.807, 2.05) is 19.1 Å². The Hall–Kier alpha value is -1.40. The molecule has 6 heteroatoms. The summed E-state index contributed by atoms with van der Waals surface area (Å²) in [5, 5.41) is 0. The summed E-state index contributed by atoms with van der Waals surface area (Å²) in [5.41, 5.74) is -0.634. The fourth-order valence-electron chi connectivity index (χ4n) is 3.74. The molecule has 3 heterocycles. The van der Waals surface area contributed by atoms with E-state index in [0.717, 1.165) is 12.8 Å². The zero-order chi connectivity index (χ0) is 15.7. The quantitative estimate of drug-likeness (QED) is 0.395. The van der Waals surface area contributed by atoms with Crippen molar-refractivity contribution in [1.82, 2.24) is 4.90 Å². The molecule has 0 radical (unpaired) electrons. The van der Waals surface area contributed by atoms with Crippen LogP contribution in [0.15, 0.2) is 12.2 Å². The van der Waals surface area contributed by atoms with E-state index in [4.69, 9.17) is 14.2 Å². The minimum atomic E-state index is -0.634. The van der Waals surface area contributed by atoms with E-state index in [2.05, 4.69) is 0 Å².